The lowest BCUT2D eigenvalue weighted by Crippen LogP contribution is -2.61. The molecule has 4 aliphatic heterocycles. The highest BCUT2D eigenvalue weighted by molar-refractivity contribution is 6.07. The standard InChI is InChI=1S/C20H23F2N3O2/c21-13-7-12(8-14(22)9-13)15-10-25(19(27)20(3-4-20)18(23)26)16-11-1-5-24(6-2-11)17(15)16/h7-9,11,15-17H,1-6,10H2,(H2,23,26)/t15-,16+,17+/m0/s1. The van der Waals surface area contributed by atoms with Crippen LogP contribution in [0.2, 0.25) is 0 Å². The predicted octanol–water partition coefficient (Wildman–Crippen LogP) is 1.62. The van der Waals surface area contributed by atoms with Gasteiger partial charge in [-0.1, -0.05) is 0 Å². The molecule has 2 N–H and O–H groups in total. The van der Waals surface area contributed by atoms with E-state index in [-0.39, 0.29) is 23.9 Å². The van der Waals surface area contributed by atoms with Gasteiger partial charge in [-0.15, -0.1) is 0 Å². The van der Waals surface area contributed by atoms with Crippen molar-refractivity contribution >= 4 is 11.8 Å². The van der Waals surface area contributed by atoms with Gasteiger partial charge in [0.1, 0.15) is 17.0 Å². The molecule has 144 valence electrons. The summed E-state index contributed by atoms with van der Waals surface area (Å²) in [5.41, 5.74) is 5.07. The molecule has 0 spiro atoms. The summed E-state index contributed by atoms with van der Waals surface area (Å²) in [5, 5.41) is 0. The van der Waals surface area contributed by atoms with Gasteiger partial charge in [-0.05, 0) is 62.4 Å². The molecular formula is C20H23F2N3O2. The first kappa shape index (κ1) is 17.1. The van der Waals surface area contributed by atoms with Gasteiger partial charge in [0.15, 0.2) is 0 Å². The van der Waals surface area contributed by atoms with E-state index < -0.39 is 23.0 Å². The summed E-state index contributed by atoms with van der Waals surface area (Å²) >= 11 is 0. The molecule has 3 atom stereocenters. The second kappa shape index (κ2) is 5.74. The number of carbonyl (C=O) groups excluding carboxylic acids is 2. The highest BCUT2D eigenvalue weighted by Gasteiger charge is 2.62. The Morgan fingerprint density at radius 1 is 1.04 bits per heavy atom. The Labute approximate surface area is 156 Å². The average molecular weight is 375 g/mol. The van der Waals surface area contributed by atoms with Crippen molar-refractivity contribution in [1.29, 1.82) is 0 Å². The smallest absolute Gasteiger partial charge is 0.238 e. The van der Waals surface area contributed by atoms with E-state index in [1.54, 1.807) is 0 Å². The van der Waals surface area contributed by atoms with Crippen LogP contribution >= 0.6 is 0 Å². The summed E-state index contributed by atoms with van der Waals surface area (Å²) in [7, 11) is 0. The van der Waals surface area contributed by atoms with Crippen molar-refractivity contribution in [2.24, 2.45) is 17.1 Å². The number of nitrogens with two attached hydrogens (primary N) is 1. The molecule has 4 heterocycles. The van der Waals surface area contributed by atoms with Crippen LogP contribution in [-0.2, 0) is 9.59 Å². The van der Waals surface area contributed by atoms with Crippen LogP contribution in [0.15, 0.2) is 18.2 Å². The maximum absolute atomic E-state index is 13.9. The van der Waals surface area contributed by atoms with Crippen molar-refractivity contribution in [3.05, 3.63) is 35.4 Å². The Balaban J connectivity index is 1.54. The Morgan fingerprint density at radius 3 is 2.22 bits per heavy atom. The maximum Gasteiger partial charge on any atom is 0.238 e. The number of carbonyl (C=O) groups is 2. The number of fused-ring (bicyclic) bond motifs is 2. The summed E-state index contributed by atoms with van der Waals surface area (Å²) in [4.78, 5) is 29.4. The van der Waals surface area contributed by atoms with Crippen LogP contribution in [0.3, 0.4) is 0 Å². The topological polar surface area (TPSA) is 66.6 Å². The molecule has 7 heteroatoms. The van der Waals surface area contributed by atoms with Crippen LogP contribution in [-0.4, -0.2) is 53.3 Å². The third kappa shape index (κ3) is 2.43. The molecule has 2 bridgehead atoms. The van der Waals surface area contributed by atoms with Crippen molar-refractivity contribution in [2.75, 3.05) is 19.6 Å². The maximum atomic E-state index is 13.9. The van der Waals surface area contributed by atoms with Crippen LogP contribution < -0.4 is 5.73 Å². The molecule has 5 nitrogen and oxygen atoms in total. The van der Waals surface area contributed by atoms with Gasteiger partial charge in [0, 0.05) is 24.6 Å². The lowest BCUT2D eigenvalue weighted by Gasteiger charge is -2.51. The molecule has 1 aliphatic carbocycles. The molecule has 27 heavy (non-hydrogen) atoms. The number of hydrogen-bond donors (Lipinski definition) is 1. The molecule has 1 saturated carbocycles. The zero-order valence-corrected chi connectivity index (χ0v) is 15.0. The molecule has 2 amide bonds. The number of halogens is 2. The van der Waals surface area contributed by atoms with Crippen LogP contribution in [0.25, 0.3) is 0 Å². The number of rotatable bonds is 3. The minimum absolute atomic E-state index is 0.00634. The zero-order chi connectivity index (χ0) is 18.9. The number of nitrogens with zero attached hydrogens (tertiary/aromatic N) is 2. The summed E-state index contributed by atoms with van der Waals surface area (Å²) in [5.74, 6) is -1.72. The molecule has 6 rings (SSSR count). The highest BCUT2D eigenvalue weighted by atomic mass is 19.1. The number of piperidine rings is 3. The first-order valence-electron chi connectivity index (χ1n) is 9.72. The van der Waals surface area contributed by atoms with E-state index in [4.69, 9.17) is 5.73 Å². The predicted molar refractivity (Wildman–Crippen MR) is 93.5 cm³/mol. The Kier molecular flexibility index (Phi) is 3.63. The summed E-state index contributed by atoms with van der Waals surface area (Å²) < 4.78 is 27.7. The normalized spacial score (nSPS) is 35.8. The summed E-state index contributed by atoms with van der Waals surface area (Å²) in [6.07, 6.45) is 3.03. The Bertz CT molecular complexity index is 797. The van der Waals surface area contributed by atoms with Gasteiger partial charge in [-0.3, -0.25) is 14.5 Å². The minimum Gasteiger partial charge on any atom is -0.369 e. The number of hydrogen-bond acceptors (Lipinski definition) is 3. The molecule has 5 aliphatic rings. The fourth-order valence-electron chi connectivity index (χ4n) is 5.70. The van der Waals surface area contributed by atoms with Gasteiger partial charge in [0.05, 0.1) is 6.04 Å². The fourth-order valence-corrected chi connectivity index (χ4v) is 5.70. The van der Waals surface area contributed by atoms with Gasteiger partial charge < -0.3 is 10.6 Å². The third-order valence-corrected chi connectivity index (χ3v) is 7.20. The monoisotopic (exact) mass is 375 g/mol. The van der Waals surface area contributed by atoms with E-state index in [1.807, 2.05) is 4.90 Å². The van der Waals surface area contributed by atoms with Crippen LogP contribution in [0.5, 0.6) is 0 Å². The highest BCUT2D eigenvalue weighted by Crippen LogP contribution is 2.52. The summed E-state index contributed by atoms with van der Waals surface area (Å²) in [6.45, 7) is 2.28. The van der Waals surface area contributed by atoms with Crippen molar-refractivity contribution in [3.63, 3.8) is 0 Å². The van der Waals surface area contributed by atoms with Gasteiger partial charge in [-0.2, -0.15) is 0 Å². The largest absolute Gasteiger partial charge is 0.369 e. The second-order valence-electron chi connectivity index (χ2n) is 8.57. The Morgan fingerprint density at radius 2 is 1.67 bits per heavy atom. The molecule has 4 saturated heterocycles. The van der Waals surface area contributed by atoms with Crippen LogP contribution in [0.1, 0.15) is 37.2 Å². The van der Waals surface area contributed by atoms with E-state index in [0.29, 0.717) is 30.9 Å². The van der Waals surface area contributed by atoms with Crippen molar-refractivity contribution in [1.82, 2.24) is 9.80 Å². The number of amides is 2. The van der Waals surface area contributed by atoms with Crippen molar-refractivity contribution < 1.29 is 18.4 Å². The number of benzene rings is 1. The number of primary amides is 1. The van der Waals surface area contributed by atoms with Gasteiger partial charge in [0.2, 0.25) is 11.8 Å². The van der Waals surface area contributed by atoms with Crippen LogP contribution in [0.4, 0.5) is 8.78 Å². The van der Waals surface area contributed by atoms with E-state index in [1.165, 1.54) is 12.1 Å². The lowest BCUT2D eigenvalue weighted by molar-refractivity contribution is -0.146. The van der Waals surface area contributed by atoms with E-state index in [2.05, 4.69) is 4.90 Å². The first-order valence-corrected chi connectivity index (χ1v) is 9.72. The van der Waals surface area contributed by atoms with Crippen LogP contribution in [0, 0.1) is 23.0 Å². The molecule has 1 aromatic carbocycles. The number of likely N-dealkylation sites (tertiary alicyclic amines) is 1. The van der Waals surface area contributed by atoms with Crippen molar-refractivity contribution in [3.8, 4) is 0 Å². The van der Waals surface area contributed by atoms with E-state index in [9.17, 15) is 18.4 Å². The van der Waals surface area contributed by atoms with Gasteiger partial charge >= 0.3 is 0 Å². The minimum atomic E-state index is -1.06. The zero-order valence-electron chi connectivity index (χ0n) is 15.0. The molecule has 0 unspecified atom stereocenters. The SMILES string of the molecule is NC(=O)C1(C(=O)N2C[C@@H](c3cc(F)cc(F)c3)[C@@H]3[C@H]2C2CCN3CC2)CC1. The third-order valence-electron chi connectivity index (χ3n) is 7.20. The lowest BCUT2D eigenvalue weighted by atomic mass is 9.75. The molecule has 1 aromatic rings. The first-order chi connectivity index (χ1) is 12.9. The molecule has 0 radical (unpaired) electrons. The fraction of sp³-hybridized carbons (Fsp3) is 0.600. The van der Waals surface area contributed by atoms with Gasteiger partial charge in [0.25, 0.3) is 0 Å². The quantitative estimate of drug-likeness (QED) is 0.817. The molecule has 0 aromatic heterocycles. The van der Waals surface area contributed by atoms with Gasteiger partial charge in [-0.25, -0.2) is 8.78 Å². The molecule has 5 fully saturated rings. The average Bonchev–Trinajstić information content (AvgIpc) is 3.35. The Hall–Kier alpha value is -2.02. The van der Waals surface area contributed by atoms with E-state index >= 15 is 0 Å². The van der Waals surface area contributed by atoms with Crippen molar-refractivity contribution in [2.45, 2.75) is 43.7 Å². The second-order valence-corrected chi connectivity index (χ2v) is 8.57. The van der Waals surface area contributed by atoms with E-state index in [0.717, 1.165) is 32.0 Å². The molecular weight excluding hydrogens is 352 g/mol. The summed E-state index contributed by atoms with van der Waals surface area (Å²) in [6, 6.07) is 3.67.